The van der Waals surface area contributed by atoms with Crippen LogP contribution in [0.3, 0.4) is 0 Å². The van der Waals surface area contributed by atoms with Crippen LogP contribution in [0.15, 0.2) is 42.6 Å². The second kappa shape index (κ2) is 5.41. The lowest BCUT2D eigenvalue weighted by Crippen LogP contribution is -2.53. The SMILES string of the molecule is O=C1C=CN(CCc2ccccc2)C(S(=O)(=O)O)N1. The van der Waals surface area contributed by atoms with Crippen LogP contribution in [-0.2, 0) is 21.3 Å². The Bertz CT molecular complexity index is 583. The highest BCUT2D eigenvalue weighted by molar-refractivity contribution is 7.86. The van der Waals surface area contributed by atoms with Gasteiger partial charge in [0.2, 0.25) is 11.4 Å². The number of nitrogens with one attached hydrogen (secondary N) is 1. The Kier molecular flexibility index (Phi) is 3.87. The first-order chi connectivity index (χ1) is 8.97. The molecule has 7 heteroatoms. The predicted octanol–water partition coefficient (Wildman–Crippen LogP) is 0.346. The highest BCUT2D eigenvalue weighted by Crippen LogP contribution is 2.11. The minimum Gasteiger partial charge on any atom is -0.343 e. The lowest BCUT2D eigenvalue weighted by Gasteiger charge is -2.31. The average Bonchev–Trinajstić information content (AvgIpc) is 2.37. The molecule has 6 nitrogen and oxygen atoms in total. The standard InChI is InChI=1S/C12H14N2O4S/c15-11-7-9-14(12(13-11)19(16,17)18)8-6-10-4-2-1-3-5-10/h1-5,7,9,12H,6,8H2,(H,13,15)(H,16,17,18). The van der Waals surface area contributed by atoms with E-state index in [9.17, 15) is 13.2 Å². The first-order valence-electron chi connectivity index (χ1n) is 5.71. The zero-order valence-electron chi connectivity index (χ0n) is 10.1. The summed E-state index contributed by atoms with van der Waals surface area (Å²) in [5.74, 6) is -0.543. The number of benzene rings is 1. The molecule has 1 aromatic carbocycles. The molecule has 0 aliphatic carbocycles. The van der Waals surface area contributed by atoms with Crippen molar-refractivity contribution in [3.63, 3.8) is 0 Å². The quantitative estimate of drug-likeness (QED) is 0.778. The van der Waals surface area contributed by atoms with E-state index in [4.69, 9.17) is 4.55 Å². The van der Waals surface area contributed by atoms with Crippen molar-refractivity contribution in [2.24, 2.45) is 0 Å². The minimum absolute atomic E-state index is 0.366. The van der Waals surface area contributed by atoms with Crippen molar-refractivity contribution in [3.05, 3.63) is 48.2 Å². The smallest absolute Gasteiger partial charge is 0.306 e. The molecule has 0 spiro atoms. The molecule has 1 aromatic rings. The first-order valence-corrected chi connectivity index (χ1v) is 7.22. The monoisotopic (exact) mass is 282 g/mol. The Labute approximate surface area is 111 Å². The van der Waals surface area contributed by atoms with Crippen molar-refractivity contribution in [3.8, 4) is 0 Å². The van der Waals surface area contributed by atoms with Crippen LogP contribution in [0.5, 0.6) is 0 Å². The van der Waals surface area contributed by atoms with Gasteiger partial charge in [0.15, 0.2) is 0 Å². The van der Waals surface area contributed by atoms with Gasteiger partial charge in [-0.25, -0.2) is 0 Å². The summed E-state index contributed by atoms with van der Waals surface area (Å²) in [6, 6.07) is 9.53. The summed E-state index contributed by atoms with van der Waals surface area (Å²) in [4.78, 5) is 12.5. The van der Waals surface area contributed by atoms with Gasteiger partial charge in [0, 0.05) is 18.8 Å². The normalized spacial score (nSPS) is 19.3. The predicted molar refractivity (Wildman–Crippen MR) is 69.5 cm³/mol. The molecular formula is C12H14N2O4S. The molecule has 0 fully saturated rings. The molecule has 1 aliphatic heterocycles. The molecular weight excluding hydrogens is 268 g/mol. The summed E-state index contributed by atoms with van der Waals surface area (Å²) in [6.45, 7) is 0.366. The fourth-order valence-corrected chi connectivity index (χ4v) is 2.62. The van der Waals surface area contributed by atoms with Crippen LogP contribution < -0.4 is 5.32 Å². The molecule has 0 radical (unpaired) electrons. The van der Waals surface area contributed by atoms with Gasteiger partial charge in [0.1, 0.15) is 0 Å². The zero-order valence-corrected chi connectivity index (χ0v) is 10.9. The number of carbonyl (C=O) groups excluding carboxylic acids is 1. The largest absolute Gasteiger partial charge is 0.343 e. The summed E-state index contributed by atoms with van der Waals surface area (Å²) in [5.41, 5.74) is -0.379. The maximum atomic E-state index is 11.2. The van der Waals surface area contributed by atoms with E-state index in [0.29, 0.717) is 13.0 Å². The van der Waals surface area contributed by atoms with Gasteiger partial charge in [-0.2, -0.15) is 8.42 Å². The zero-order chi connectivity index (χ0) is 13.9. The maximum Gasteiger partial charge on any atom is 0.306 e. The van der Waals surface area contributed by atoms with Gasteiger partial charge in [-0.1, -0.05) is 30.3 Å². The Hall–Kier alpha value is -1.86. The summed E-state index contributed by atoms with van der Waals surface area (Å²) < 4.78 is 31.5. The molecule has 2 N–H and O–H groups in total. The lowest BCUT2D eigenvalue weighted by atomic mass is 10.1. The van der Waals surface area contributed by atoms with Crippen LogP contribution >= 0.6 is 0 Å². The molecule has 1 atom stereocenters. The summed E-state index contributed by atoms with van der Waals surface area (Å²) in [5, 5.41) is 2.20. The van der Waals surface area contributed by atoms with Crippen LogP contribution in [0.25, 0.3) is 0 Å². The minimum atomic E-state index is -4.37. The number of nitrogens with zero attached hydrogens (tertiary/aromatic N) is 1. The molecule has 0 saturated carbocycles. The van der Waals surface area contributed by atoms with E-state index in [1.54, 1.807) is 0 Å². The highest BCUT2D eigenvalue weighted by atomic mass is 32.2. The van der Waals surface area contributed by atoms with Gasteiger partial charge in [0.25, 0.3) is 0 Å². The van der Waals surface area contributed by atoms with Crippen molar-refractivity contribution < 1.29 is 17.8 Å². The van der Waals surface area contributed by atoms with E-state index >= 15 is 0 Å². The Morgan fingerprint density at radius 1 is 1.26 bits per heavy atom. The van der Waals surface area contributed by atoms with Crippen molar-refractivity contribution in [2.75, 3.05) is 6.54 Å². The van der Waals surface area contributed by atoms with Crippen LogP contribution in [0.1, 0.15) is 5.56 Å². The van der Waals surface area contributed by atoms with Gasteiger partial charge in [-0.15, -0.1) is 0 Å². The second-order valence-corrected chi connectivity index (χ2v) is 5.64. The maximum absolute atomic E-state index is 11.2. The van der Waals surface area contributed by atoms with Crippen molar-refractivity contribution in [1.82, 2.24) is 10.2 Å². The number of hydrogen-bond donors (Lipinski definition) is 2. The molecule has 1 aliphatic rings. The van der Waals surface area contributed by atoms with Crippen molar-refractivity contribution in [1.29, 1.82) is 0 Å². The van der Waals surface area contributed by atoms with Crippen molar-refractivity contribution in [2.45, 2.75) is 11.9 Å². The fourth-order valence-electron chi connectivity index (χ4n) is 1.83. The third-order valence-corrected chi connectivity index (χ3v) is 3.72. The third kappa shape index (κ3) is 3.55. The number of amides is 1. The third-order valence-electron chi connectivity index (χ3n) is 2.77. The molecule has 1 amide bonds. The molecule has 0 bridgehead atoms. The van der Waals surface area contributed by atoms with Gasteiger partial charge in [-0.3, -0.25) is 9.35 Å². The van der Waals surface area contributed by atoms with Gasteiger partial charge < -0.3 is 10.2 Å². The topological polar surface area (TPSA) is 86.7 Å². The Balaban J connectivity index is 2.09. The number of rotatable bonds is 4. The molecule has 0 saturated heterocycles. The number of carbonyl (C=O) groups is 1. The molecule has 102 valence electrons. The van der Waals surface area contributed by atoms with E-state index in [1.807, 2.05) is 30.3 Å². The van der Waals surface area contributed by atoms with E-state index in [0.717, 1.165) is 5.56 Å². The molecule has 1 unspecified atom stereocenters. The summed E-state index contributed by atoms with van der Waals surface area (Å²) in [7, 11) is -4.37. The second-order valence-electron chi connectivity index (χ2n) is 4.17. The first kappa shape index (κ1) is 13.6. The average molecular weight is 282 g/mol. The Morgan fingerprint density at radius 2 is 1.95 bits per heavy atom. The highest BCUT2D eigenvalue weighted by Gasteiger charge is 2.31. The molecule has 1 heterocycles. The van der Waals surface area contributed by atoms with Crippen LogP contribution in [-0.4, -0.2) is 35.8 Å². The van der Waals surface area contributed by atoms with Gasteiger partial charge in [0.05, 0.1) is 0 Å². The fraction of sp³-hybridized carbons (Fsp3) is 0.250. The molecule has 2 rings (SSSR count). The van der Waals surface area contributed by atoms with Crippen molar-refractivity contribution >= 4 is 16.0 Å². The van der Waals surface area contributed by atoms with Gasteiger partial charge >= 0.3 is 10.1 Å². The summed E-state index contributed by atoms with van der Waals surface area (Å²) >= 11 is 0. The van der Waals surface area contributed by atoms with Crippen LogP contribution in [0.2, 0.25) is 0 Å². The Morgan fingerprint density at radius 3 is 2.58 bits per heavy atom. The van der Waals surface area contributed by atoms with E-state index in [-0.39, 0.29) is 0 Å². The summed E-state index contributed by atoms with van der Waals surface area (Å²) in [6.07, 6.45) is 3.21. The lowest BCUT2D eigenvalue weighted by molar-refractivity contribution is -0.118. The number of hydrogen-bond acceptors (Lipinski definition) is 4. The van der Waals surface area contributed by atoms with Crippen LogP contribution in [0.4, 0.5) is 0 Å². The molecule has 19 heavy (non-hydrogen) atoms. The van der Waals surface area contributed by atoms with Gasteiger partial charge in [-0.05, 0) is 12.0 Å². The van der Waals surface area contributed by atoms with Crippen LogP contribution in [0, 0.1) is 0 Å². The van der Waals surface area contributed by atoms with E-state index < -0.39 is 21.5 Å². The van der Waals surface area contributed by atoms with E-state index in [2.05, 4.69) is 5.32 Å². The van der Waals surface area contributed by atoms with E-state index in [1.165, 1.54) is 17.2 Å². The molecule has 0 aromatic heterocycles.